The fourth-order valence-electron chi connectivity index (χ4n) is 5.03. The van der Waals surface area contributed by atoms with Crippen LogP contribution in [0.15, 0.2) is 42.5 Å². The maximum absolute atomic E-state index is 13.6. The first-order chi connectivity index (χ1) is 18.6. The molecule has 40 heavy (non-hydrogen) atoms. The first-order valence-electron chi connectivity index (χ1n) is 14.0. The SMILES string of the molecule is CCOC(=O)N(CC(C)(C)C(=O)N[C@H](Cc1ccc2ccccc2c1)C(=O)NCC(O)CN)C1CCCCC1.Cl. The van der Waals surface area contributed by atoms with E-state index in [2.05, 4.69) is 10.6 Å². The second-order valence-corrected chi connectivity index (χ2v) is 11.0. The number of carbonyl (C=O) groups excluding carboxylic acids is 3. The molecule has 10 heteroatoms. The number of rotatable bonds is 12. The Morgan fingerprint density at radius 1 is 1.10 bits per heavy atom. The molecule has 0 saturated heterocycles. The van der Waals surface area contributed by atoms with Gasteiger partial charge in [-0.05, 0) is 49.9 Å². The van der Waals surface area contributed by atoms with Crippen LogP contribution in [0.2, 0.25) is 0 Å². The van der Waals surface area contributed by atoms with Gasteiger partial charge in [0.2, 0.25) is 11.8 Å². The fraction of sp³-hybridized carbons (Fsp3) is 0.567. The zero-order chi connectivity index (χ0) is 28.4. The van der Waals surface area contributed by atoms with Gasteiger partial charge in [0.15, 0.2) is 0 Å². The minimum Gasteiger partial charge on any atom is -0.450 e. The zero-order valence-corrected chi connectivity index (χ0v) is 24.7. The molecule has 9 nitrogen and oxygen atoms in total. The molecule has 0 radical (unpaired) electrons. The molecule has 0 spiro atoms. The van der Waals surface area contributed by atoms with Gasteiger partial charge in [0.05, 0.1) is 18.1 Å². The Morgan fingerprint density at radius 3 is 2.42 bits per heavy atom. The lowest BCUT2D eigenvalue weighted by Gasteiger charge is -2.38. The van der Waals surface area contributed by atoms with Gasteiger partial charge in [-0.1, -0.05) is 61.7 Å². The number of hydrogen-bond acceptors (Lipinski definition) is 6. The molecule has 222 valence electrons. The van der Waals surface area contributed by atoms with E-state index in [4.69, 9.17) is 10.5 Å². The van der Waals surface area contributed by atoms with Crippen molar-refractivity contribution < 1.29 is 24.2 Å². The molecule has 2 atom stereocenters. The van der Waals surface area contributed by atoms with E-state index in [1.165, 1.54) is 0 Å². The molecule has 2 aromatic carbocycles. The summed E-state index contributed by atoms with van der Waals surface area (Å²) in [6.45, 7) is 5.77. The van der Waals surface area contributed by atoms with Gasteiger partial charge in [0.25, 0.3) is 0 Å². The van der Waals surface area contributed by atoms with E-state index in [-0.39, 0.29) is 57.0 Å². The number of nitrogens with two attached hydrogens (primary N) is 1. The molecule has 0 heterocycles. The van der Waals surface area contributed by atoms with Gasteiger partial charge in [-0.2, -0.15) is 0 Å². The largest absolute Gasteiger partial charge is 0.450 e. The lowest BCUT2D eigenvalue weighted by Crippen LogP contribution is -2.56. The van der Waals surface area contributed by atoms with Crippen molar-refractivity contribution in [2.45, 2.75) is 77.5 Å². The predicted molar refractivity (Wildman–Crippen MR) is 159 cm³/mol. The molecule has 1 unspecified atom stereocenters. The van der Waals surface area contributed by atoms with E-state index in [1.54, 1.807) is 25.7 Å². The maximum atomic E-state index is 13.6. The lowest BCUT2D eigenvalue weighted by molar-refractivity contribution is -0.135. The van der Waals surface area contributed by atoms with Crippen molar-refractivity contribution in [2.75, 3.05) is 26.2 Å². The molecule has 1 aliphatic carbocycles. The highest BCUT2D eigenvalue weighted by atomic mass is 35.5. The van der Waals surface area contributed by atoms with Gasteiger partial charge < -0.3 is 31.1 Å². The summed E-state index contributed by atoms with van der Waals surface area (Å²) in [5.41, 5.74) is 5.40. The van der Waals surface area contributed by atoms with Crippen molar-refractivity contribution in [3.8, 4) is 0 Å². The van der Waals surface area contributed by atoms with E-state index in [9.17, 15) is 19.5 Å². The Kier molecular flexibility index (Phi) is 13.2. The summed E-state index contributed by atoms with van der Waals surface area (Å²) in [4.78, 5) is 41.4. The second kappa shape index (κ2) is 15.8. The first-order valence-corrected chi connectivity index (χ1v) is 14.0. The molecule has 3 rings (SSSR count). The molecule has 1 saturated carbocycles. The molecule has 2 aromatic rings. The summed E-state index contributed by atoms with van der Waals surface area (Å²) in [6.07, 6.45) is 3.96. The van der Waals surface area contributed by atoms with Crippen LogP contribution in [0, 0.1) is 5.41 Å². The van der Waals surface area contributed by atoms with E-state index in [1.807, 2.05) is 42.5 Å². The van der Waals surface area contributed by atoms with Crippen molar-refractivity contribution in [3.05, 3.63) is 48.0 Å². The summed E-state index contributed by atoms with van der Waals surface area (Å²) in [7, 11) is 0. The number of nitrogens with zero attached hydrogens (tertiary/aromatic N) is 1. The van der Waals surface area contributed by atoms with Gasteiger partial charge in [0, 0.05) is 32.1 Å². The number of ether oxygens (including phenoxy) is 1. The van der Waals surface area contributed by atoms with E-state index in [0.29, 0.717) is 0 Å². The van der Waals surface area contributed by atoms with Gasteiger partial charge >= 0.3 is 6.09 Å². The number of hydrogen-bond donors (Lipinski definition) is 4. The summed E-state index contributed by atoms with van der Waals surface area (Å²) in [5, 5.41) is 17.6. The summed E-state index contributed by atoms with van der Waals surface area (Å²) in [6, 6.07) is 13.0. The molecule has 1 aliphatic rings. The average molecular weight is 577 g/mol. The van der Waals surface area contributed by atoms with Crippen LogP contribution in [0.25, 0.3) is 10.8 Å². The number of benzene rings is 2. The number of halogens is 1. The van der Waals surface area contributed by atoms with Crippen molar-refractivity contribution >= 4 is 41.1 Å². The molecular formula is C30H45ClN4O5. The molecule has 3 amide bonds. The summed E-state index contributed by atoms with van der Waals surface area (Å²) < 4.78 is 5.34. The quantitative estimate of drug-likeness (QED) is 0.305. The van der Waals surface area contributed by atoms with Crippen molar-refractivity contribution in [2.24, 2.45) is 11.1 Å². The standard InChI is InChI=1S/C30H44N4O5.ClH/c1-4-39-29(38)34(24-12-6-5-7-13-24)20-30(2,3)28(37)33-26(27(36)32-19-25(35)18-31)17-21-14-15-22-10-8-9-11-23(22)16-21;/h8-11,14-16,24-26,35H,4-7,12-13,17-20,31H2,1-3H3,(H,32,36)(H,33,37);1H/t25?,26-;/m1./s1. The highest BCUT2D eigenvalue weighted by Gasteiger charge is 2.38. The van der Waals surface area contributed by atoms with E-state index >= 15 is 0 Å². The van der Waals surface area contributed by atoms with Crippen LogP contribution in [-0.4, -0.2) is 72.3 Å². The Morgan fingerprint density at radius 2 is 1.77 bits per heavy atom. The highest BCUT2D eigenvalue weighted by molar-refractivity contribution is 5.90. The monoisotopic (exact) mass is 576 g/mol. The number of fused-ring (bicyclic) bond motifs is 1. The molecule has 0 bridgehead atoms. The van der Waals surface area contributed by atoms with Crippen LogP contribution in [0.3, 0.4) is 0 Å². The average Bonchev–Trinajstić information content (AvgIpc) is 2.94. The Labute approximate surface area is 243 Å². The zero-order valence-electron chi connectivity index (χ0n) is 23.9. The fourth-order valence-corrected chi connectivity index (χ4v) is 5.03. The minimum atomic E-state index is -0.983. The van der Waals surface area contributed by atoms with Gasteiger partial charge in [-0.15, -0.1) is 12.4 Å². The van der Waals surface area contributed by atoms with Crippen LogP contribution in [0.4, 0.5) is 4.79 Å². The number of nitrogens with one attached hydrogen (secondary N) is 2. The number of amides is 3. The highest BCUT2D eigenvalue weighted by Crippen LogP contribution is 2.28. The number of aliphatic hydroxyl groups is 1. The molecular weight excluding hydrogens is 532 g/mol. The molecule has 1 fully saturated rings. The third-order valence-electron chi connectivity index (χ3n) is 7.36. The Hall–Kier alpha value is -2.88. The second-order valence-electron chi connectivity index (χ2n) is 11.0. The number of aliphatic hydroxyl groups excluding tert-OH is 1. The van der Waals surface area contributed by atoms with Crippen LogP contribution < -0.4 is 16.4 Å². The van der Waals surface area contributed by atoms with Gasteiger partial charge in [-0.25, -0.2) is 4.79 Å². The first kappa shape index (κ1) is 33.3. The van der Waals surface area contributed by atoms with E-state index < -0.39 is 29.6 Å². The molecule has 0 aliphatic heterocycles. The van der Waals surface area contributed by atoms with Crippen molar-refractivity contribution in [1.82, 2.24) is 15.5 Å². The topological polar surface area (TPSA) is 134 Å². The maximum Gasteiger partial charge on any atom is 0.410 e. The van der Waals surface area contributed by atoms with Gasteiger partial charge in [-0.3, -0.25) is 9.59 Å². The van der Waals surface area contributed by atoms with Crippen LogP contribution >= 0.6 is 12.4 Å². The summed E-state index contributed by atoms with van der Waals surface area (Å²) >= 11 is 0. The van der Waals surface area contributed by atoms with Crippen LogP contribution in [0.1, 0.15) is 58.4 Å². The molecule has 0 aromatic heterocycles. The van der Waals surface area contributed by atoms with Gasteiger partial charge in [0.1, 0.15) is 6.04 Å². The number of carbonyl (C=O) groups is 3. The third kappa shape index (κ3) is 9.35. The van der Waals surface area contributed by atoms with Crippen molar-refractivity contribution in [3.63, 3.8) is 0 Å². The normalized spacial score (nSPS) is 15.4. The smallest absolute Gasteiger partial charge is 0.410 e. The third-order valence-corrected chi connectivity index (χ3v) is 7.36. The molecule has 5 N–H and O–H groups in total. The predicted octanol–water partition coefficient (Wildman–Crippen LogP) is 3.54. The van der Waals surface area contributed by atoms with Crippen LogP contribution in [-0.2, 0) is 20.7 Å². The lowest BCUT2D eigenvalue weighted by atomic mass is 9.88. The Balaban J connectivity index is 0.00000560. The Bertz CT molecular complexity index is 1120. The minimum absolute atomic E-state index is 0. The summed E-state index contributed by atoms with van der Waals surface area (Å²) in [5.74, 6) is -0.748. The van der Waals surface area contributed by atoms with Crippen LogP contribution in [0.5, 0.6) is 0 Å². The van der Waals surface area contributed by atoms with Crippen molar-refractivity contribution in [1.29, 1.82) is 0 Å². The van der Waals surface area contributed by atoms with E-state index in [0.717, 1.165) is 48.4 Å².